The second-order valence-corrected chi connectivity index (χ2v) is 8.64. The van der Waals surface area contributed by atoms with Gasteiger partial charge in [0.1, 0.15) is 6.61 Å². The van der Waals surface area contributed by atoms with E-state index in [-0.39, 0.29) is 30.8 Å². The lowest BCUT2D eigenvalue weighted by Crippen LogP contribution is -2.34. The van der Waals surface area contributed by atoms with Crippen molar-refractivity contribution < 1.29 is 19.1 Å². The molecule has 6 nitrogen and oxygen atoms in total. The van der Waals surface area contributed by atoms with E-state index >= 15 is 0 Å². The molecule has 0 spiro atoms. The summed E-state index contributed by atoms with van der Waals surface area (Å²) in [6.07, 6.45) is 0.235. The van der Waals surface area contributed by atoms with Gasteiger partial charge in [-0.2, -0.15) is 0 Å². The van der Waals surface area contributed by atoms with E-state index in [0.29, 0.717) is 23.7 Å². The smallest absolute Gasteiger partial charge is 0.251 e. The summed E-state index contributed by atoms with van der Waals surface area (Å²) < 4.78 is 12.2. The number of hydrogen-bond acceptors (Lipinski definition) is 5. The van der Waals surface area contributed by atoms with Crippen LogP contribution in [0.15, 0.2) is 34.1 Å². The molecule has 0 saturated heterocycles. The first-order chi connectivity index (χ1) is 12.9. The highest BCUT2D eigenvalue weighted by molar-refractivity contribution is 9.11. The van der Waals surface area contributed by atoms with Gasteiger partial charge in [-0.3, -0.25) is 9.59 Å². The lowest BCUT2D eigenvalue weighted by atomic mass is 10.2. The Morgan fingerprint density at radius 2 is 1.96 bits per heavy atom. The third-order valence-electron chi connectivity index (χ3n) is 3.51. The summed E-state index contributed by atoms with van der Waals surface area (Å²) in [4.78, 5) is 24.9. The Balaban J connectivity index is 1.91. The number of ether oxygens (including phenoxy) is 2. The van der Waals surface area contributed by atoms with E-state index in [2.05, 4.69) is 26.6 Å². The summed E-state index contributed by atoms with van der Waals surface area (Å²) in [5, 5.41) is 5.52. The van der Waals surface area contributed by atoms with Crippen molar-refractivity contribution in [1.29, 1.82) is 0 Å². The van der Waals surface area contributed by atoms with Gasteiger partial charge >= 0.3 is 0 Å². The Bertz CT molecular complexity index is 792. The Kier molecular flexibility index (Phi) is 8.12. The molecule has 0 atom stereocenters. The summed E-state index contributed by atoms with van der Waals surface area (Å²) in [6.45, 7) is 4.47. The third kappa shape index (κ3) is 6.88. The van der Waals surface area contributed by atoms with Crippen LogP contribution in [0, 0.1) is 0 Å². The molecule has 2 aromatic rings. The number of carbonyl (C=O) groups excluding carboxylic acids is 2. The molecule has 0 aliphatic carbocycles. The zero-order valence-electron chi connectivity index (χ0n) is 15.5. The maximum atomic E-state index is 12.3. The molecule has 2 rings (SSSR count). The van der Waals surface area contributed by atoms with E-state index < -0.39 is 0 Å². The Morgan fingerprint density at radius 1 is 1.19 bits per heavy atom. The largest absolute Gasteiger partial charge is 0.493 e. The summed E-state index contributed by atoms with van der Waals surface area (Å²) in [7, 11) is 1.53. The minimum atomic E-state index is -0.264. The van der Waals surface area contributed by atoms with Crippen LogP contribution in [0.2, 0.25) is 0 Å². The van der Waals surface area contributed by atoms with Gasteiger partial charge in [0.05, 0.1) is 10.9 Å². The number of hydrogen-bond donors (Lipinski definition) is 2. The van der Waals surface area contributed by atoms with Crippen LogP contribution in [0.5, 0.6) is 11.5 Å². The van der Waals surface area contributed by atoms with E-state index in [1.807, 2.05) is 26.0 Å². The standard InChI is InChI=1S/C19H23BrN2O4S/c1-12(2)22-18(23)8-9-21-19(24)13-4-6-15(16(10-13)25-3)26-11-14-5-7-17(20)27-14/h4-7,10,12H,8-9,11H2,1-3H3,(H,21,24)(H,22,23). The van der Waals surface area contributed by atoms with Crippen molar-refractivity contribution in [3.05, 3.63) is 44.6 Å². The molecule has 0 unspecified atom stereocenters. The van der Waals surface area contributed by atoms with E-state index in [4.69, 9.17) is 9.47 Å². The maximum Gasteiger partial charge on any atom is 0.251 e. The van der Waals surface area contributed by atoms with Gasteiger partial charge in [0.25, 0.3) is 5.91 Å². The van der Waals surface area contributed by atoms with Crippen LogP contribution in [-0.2, 0) is 11.4 Å². The van der Waals surface area contributed by atoms with Crippen LogP contribution in [0.4, 0.5) is 0 Å². The average Bonchev–Trinajstić information content (AvgIpc) is 3.04. The van der Waals surface area contributed by atoms with Crippen LogP contribution < -0.4 is 20.1 Å². The van der Waals surface area contributed by atoms with Crippen molar-refractivity contribution in [3.8, 4) is 11.5 Å². The molecule has 0 bridgehead atoms. The van der Waals surface area contributed by atoms with Crippen molar-refractivity contribution in [3.63, 3.8) is 0 Å². The first kappa shape index (κ1) is 21.2. The van der Waals surface area contributed by atoms with Gasteiger partial charge < -0.3 is 20.1 Å². The highest BCUT2D eigenvalue weighted by Crippen LogP contribution is 2.30. The molecule has 0 fully saturated rings. The van der Waals surface area contributed by atoms with Crippen molar-refractivity contribution in [2.75, 3.05) is 13.7 Å². The van der Waals surface area contributed by atoms with Gasteiger partial charge in [0.2, 0.25) is 5.91 Å². The molecule has 8 heteroatoms. The summed E-state index contributed by atoms with van der Waals surface area (Å²) in [6, 6.07) is 9.05. The number of rotatable bonds is 9. The number of benzene rings is 1. The van der Waals surface area contributed by atoms with Gasteiger partial charge in [-0.05, 0) is 60.1 Å². The molecule has 2 N–H and O–H groups in total. The van der Waals surface area contributed by atoms with E-state index in [9.17, 15) is 9.59 Å². The van der Waals surface area contributed by atoms with Crippen molar-refractivity contribution in [1.82, 2.24) is 10.6 Å². The summed E-state index contributed by atoms with van der Waals surface area (Å²) >= 11 is 5.02. The fourth-order valence-electron chi connectivity index (χ4n) is 2.29. The number of nitrogens with one attached hydrogen (secondary N) is 2. The van der Waals surface area contributed by atoms with Gasteiger partial charge in [-0.1, -0.05) is 0 Å². The minimum Gasteiger partial charge on any atom is -0.493 e. The summed E-state index contributed by atoms with van der Waals surface area (Å²) in [5.74, 6) is 0.692. The molecule has 27 heavy (non-hydrogen) atoms. The number of methoxy groups -OCH3 is 1. The highest BCUT2D eigenvalue weighted by atomic mass is 79.9. The molecule has 1 heterocycles. The van der Waals surface area contributed by atoms with E-state index in [1.54, 1.807) is 29.5 Å². The van der Waals surface area contributed by atoms with Gasteiger partial charge in [0, 0.05) is 29.4 Å². The molecule has 0 aliphatic heterocycles. The fourth-order valence-corrected chi connectivity index (χ4v) is 3.69. The molecule has 146 valence electrons. The summed E-state index contributed by atoms with van der Waals surface area (Å²) in [5.41, 5.74) is 0.447. The zero-order valence-corrected chi connectivity index (χ0v) is 17.9. The molecule has 0 saturated carbocycles. The van der Waals surface area contributed by atoms with Gasteiger partial charge in [0.15, 0.2) is 11.5 Å². The van der Waals surface area contributed by atoms with Crippen LogP contribution in [0.1, 0.15) is 35.5 Å². The Hall–Kier alpha value is -2.06. The van der Waals surface area contributed by atoms with Crippen LogP contribution in [0.25, 0.3) is 0 Å². The van der Waals surface area contributed by atoms with Crippen LogP contribution in [0.3, 0.4) is 0 Å². The van der Waals surface area contributed by atoms with Crippen molar-refractivity contribution >= 4 is 39.1 Å². The van der Waals surface area contributed by atoms with Crippen LogP contribution >= 0.6 is 27.3 Å². The topological polar surface area (TPSA) is 76.7 Å². The minimum absolute atomic E-state index is 0.0836. The first-order valence-corrected chi connectivity index (χ1v) is 10.1. The van der Waals surface area contributed by atoms with Crippen molar-refractivity contribution in [2.24, 2.45) is 0 Å². The van der Waals surface area contributed by atoms with Gasteiger partial charge in [-0.15, -0.1) is 11.3 Å². The number of amides is 2. The SMILES string of the molecule is COc1cc(C(=O)NCCC(=O)NC(C)C)ccc1OCc1ccc(Br)s1. The predicted octanol–water partition coefficient (Wildman–Crippen LogP) is 3.74. The normalized spacial score (nSPS) is 10.6. The van der Waals surface area contributed by atoms with Crippen LogP contribution in [-0.4, -0.2) is 31.5 Å². The molecular formula is C19H23BrN2O4S. The van der Waals surface area contributed by atoms with E-state index in [1.165, 1.54) is 7.11 Å². The average molecular weight is 455 g/mol. The zero-order chi connectivity index (χ0) is 19.8. The maximum absolute atomic E-state index is 12.3. The van der Waals surface area contributed by atoms with Gasteiger partial charge in [-0.25, -0.2) is 0 Å². The fraction of sp³-hybridized carbons (Fsp3) is 0.368. The number of carbonyl (C=O) groups is 2. The predicted molar refractivity (Wildman–Crippen MR) is 110 cm³/mol. The highest BCUT2D eigenvalue weighted by Gasteiger charge is 2.12. The quantitative estimate of drug-likeness (QED) is 0.604. The van der Waals surface area contributed by atoms with Crippen molar-refractivity contribution in [2.45, 2.75) is 32.9 Å². The Morgan fingerprint density at radius 3 is 2.59 bits per heavy atom. The molecule has 2 amide bonds. The molecule has 1 aromatic carbocycles. The van der Waals surface area contributed by atoms with E-state index in [0.717, 1.165) is 8.66 Å². The molecule has 0 aliphatic rings. The lowest BCUT2D eigenvalue weighted by molar-refractivity contribution is -0.121. The molecule has 0 radical (unpaired) electrons. The Labute approximate surface area is 171 Å². The number of halogens is 1. The molecular weight excluding hydrogens is 432 g/mol. The number of thiophene rings is 1. The lowest BCUT2D eigenvalue weighted by Gasteiger charge is -2.12. The molecule has 1 aromatic heterocycles. The second kappa shape index (κ2) is 10.3. The third-order valence-corrected chi connectivity index (χ3v) is 5.11. The second-order valence-electron chi connectivity index (χ2n) is 6.09. The first-order valence-electron chi connectivity index (χ1n) is 8.51. The monoisotopic (exact) mass is 454 g/mol.